The van der Waals surface area contributed by atoms with Gasteiger partial charge in [0, 0.05) is 10.7 Å². The topological polar surface area (TPSA) is 63.2 Å². The van der Waals surface area contributed by atoms with Crippen molar-refractivity contribution in [2.24, 2.45) is 0 Å². The van der Waals surface area contributed by atoms with Gasteiger partial charge in [-0.15, -0.1) is 0 Å². The van der Waals surface area contributed by atoms with Gasteiger partial charge in [-0.2, -0.15) is 0 Å². The fourth-order valence-corrected chi connectivity index (χ4v) is 2.57. The lowest BCUT2D eigenvalue weighted by Crippen LogP contribution is -2.20. The zero-order valence-corrected chi connectivity index (χ0v) is 15.9. The van der Waals surface area contributed by atoms with Gasteiger partial charge in [0.1, 0.15) is 11.6 Å². The normalized spacial score (nSPS) is 10.3. The molecule has 2 N–H and O–H groups in total. The second-order valence-corrected chi connectivity index (χ2v) is 6.53. The number of carbonyl (C=O) groups excluding carboxylic acids is 1. The molecule has 0 saturated carbocycles. The van der Waals surface area contributed by atoms with E-state index in [1.165, 1.54) is 11.1 Å². The Balaban J connectivity index is 1.54. The van der Waals surface area contributed by atoms with Gasteiger partial charge in [-0.05, 0) is 67.4 Å². The van der Waals surface area contributed by atoms with Crippen molar-refractivity contribution in [1.82, 2.24) is 4.98 Å². The zero-order chi connectivity index (χ0) is 19.2. The first-order valence-corrected chi connectivity index (χ1v) is 8.86. The maximum Gasteiger partial charge on any atom is 0.262 e. The highest BCUT2D eigenvalue weighted by molar-refractivity contribution is 6.30. The summed E-state index contributed by atoms with van der Waals surface area (Å²) in [7, 11) is 0. The van der Waals surface area contributed by atoms with Crippen LogP contribution in [-0.2, 0) is 4.79 Å². The van der Waals surface area contributed by atoms with E-state index in [9.17, 15) is 4.79 Å². The minimum atomic E-state index is -0.262. The Labute approximate surface area is 163 Å². The van der Waals surface area contributed by atoms with Crippen LogP contribution in [0.3, 0.4) is 0 Å². The Kier molecular flexibility index (Phi) is 5.94. The molecule has 5 nitrogen and oxygen atoms in total. The van der Waals surface area contributed by atoms with Crippen LogP contribution < -0.4 is 15.4 Å². The monoisotopic (exact) mass is 381 g/mol. The van der Waals surface area contributed by atoms with Gasteiger partial charge in [0.15, 0.2) is 6.61 Å². The highest BCUT2D eigenvalue weighted by atomic mass is 35.5. The SMILES string of the molecule is Cc1cccc(Nc2ccc(NC(=O)COc3ccc(Cl)cc3)cn2)c1C. The van der Waals surface area contributed by atoms with Gasteiger partial charge in [-0.25, -0.2) is 4.98 Å². The molecule has 27 heavy (non-hydrogen) atoms. The average Bonchev–Trinajstić information content (AvgIpc) is 2.66. The van der Waals surface area contributed by atoms with Gasteiger partial charge in [-0.3, -0.25) is 4.79 Å². The van der Waals surface area contributed by atoms with Crippen LogP contribution in [0.1, 0.15) is 11.1 Å². The highest BCUT2D eigenvalue weighted by Crippen LogP contribution is 2.22. The molecular weight excluding hydrogens is 362 g/mol. The molecule has 0 fully saturated rings. The molecule has 0 saturated heterocycles. The van der Waals surface area contributed by atoms with Gasteiger partial charge in [-0.1, -0.05) is 23.7 Å². The number of hydrogen-bond donors (Lipinski definition) is 2. The number of nitrogens with one attached hydrogen (secondary N) is 2. The third kappa shape index (κ3) is 5.21. The number of pyridine rings is 1. The highest BCUT2D eigenvalue weighted by Gasteiger charge is 2.06. The Morgan fingerprint density at radius 2 is 1.85 bits per heavy atom. The van der Waals surface area contributed by atoms with Gasteiger partial charge in [0.2, 0.25) is 0 Å². The van der Waals surface area contributed by atoms with E-state index in [1.54, 1.807) is 36.5 Å². The third-order valence-electron chi connectivity index (χ3n) is 4.10. The fourth-order valence-electron chi connectivity index (χ4n) is 2.44. The Morgan fingerprint density at radius 1 is 1.07 bits per heavy atom. The van der Waals surface area contributed by atoms with E-state index in [2.05, 4.69) is 35.5 Å². The van der Waals surface area contributed by atoms with Crippen molar-refractivity contribution >= 4 is 34.7 Å². The zero-order valence-electron chi connectivity index (χ0n) is 15.1. The van der Waals surface area contributed by atoms with Crippen molar-refractivity contribution in [2.45, 2.75) is 13.8 Å². The molecule has 2 aromatic carbocycles. The fraction of sp³-hybridized carbons (Fsp3) is 0.143. The number of nitrogens with zero attached hydrogens (tertiary/aromatic N) is 1. The number of carbonyl (C=O) groups is 1. The van der Waals surface area contributed by atoms with Crippen molar-refractivity contribution in [1.29, 1.82) is 0 Å². The van der Waals surface area contributed by atoms with Crippen LogP contribution in [0.4, 0.5) is 17.2 Å². The van der Waals surface area contributed by atoms with Gasteiger partial charge < -0.3 is 15.4 Å². The Morgan fingerprint density at radius 3 is 2.56 bits per heavy atom. The first-order chi connectivity index (χ1) is 13.0. The standard InChI is InChI=1S/C21H20ClN3O2/c1-14-4-3-5-19(15(14)2)25-20-11-8-17(12-23-20)24-21(26)13-27-18-9-6-16(22)7-10-18/h3-12H,13H2,1-2H3,(H,23,25)(H,24,26). The number of benzene rings is 2. The first-order valence-electron chi connectivity index (χ1n) is 8.49. The van der Waals surface area contributed by atoms with Gasteiger partial charge >= 0.3 is 0 Å². The lowest BCUT2D eigenvalue weighted by Gasteiger charge is -2.11. The molecule has 0 radical (unpaired) electrons. The maximum atomic E-state index is 12.0. The van der Waals surface area contributed by atoms with E-state index in [4.69, 9.17) is 16.3 Å². The smallest absolute Gasteiger partial charge is 0.262 e. The minimum Gasteiger partial charge on any atom is -0.484 e. The van der Waals surface area contributed by atoms with Crippen molar-refractivity contribution in [3.05, 3.63) is 76.9 Å². The molecule has 1 aromatic heterocycles. The second-order valence-electron chi connectivity index (χ2n) is 6.10. The van der Waals surface area contributed by atoms with Crippen LogP contribution in [0.2, 0.25) is 5.02 Å². The maximum absolute atomic E-state index is 12.0. The first kappa shape index (κ1) is 18.7. The van der Waals surface area contributed by atoms with Crippen LogP contribution >= 0.6 is 11.6 Å². The molecule has 0 atom stereocenters. The van der Waals surface area contributed by atoms with Crippen LogP contribution in [-0.4, -0.2) is 17.5 Å². The third-order valence-corrected chi connectivity index (χ3v) is 4.35. The van der Waals surface area contributed by atoms with E-state index in [1.807, 2.05) is 18.2 Å². The van der Waals surface area contributed by atoms with Crippen molar-refractivity contribution in [2.75, 3.05) is 17.2 Å². The van der Waals surface area contributed by atoms with Crippen molar-refractivity contribution < 1.29 is 9.53 Å². The Hall–Kier alpha value is -3.05. The minimum absolute atomic E-state index is 0.0931. The Bertz CT molecular complexity index is 925. The molecule has 1 amide bonds. The number of aromatic nitrogens is 1. The van der Waals surface area contributed by atoms with E-state index in [0.29, 0.717) is 22.3 Å². The largest absolute Gasteiger partial charge is 0.484 e. The van der Waals surface area contributed by atoms with Gasteiger partial charge in [0.25, 0.3) is 5.91 Å². The van der Waals surface area contributed by atoms with Crippen molar-refractivity contribution in [3.63, 3.8) is 0 Å². The van der Waals surface area contributed by atoms with E-state index < -0.39 is 0 Å². The quantitative estimate of drug-likeness (QED) is 0.622. The van der Waals surface area contributed by atoms with E-state index in [0.717, 1.165) is 5.69 Å². The van der Waals surface area contributed by atoms with Crippen molar-refractivity contribution in [3.8, 4) is 5.75 Å². The summed E-state index contributed by atoms with van der Waals surface area (Å²) in [5, 5.41) is 6.66. The van der Waals surface area contributed by atoms with Crippen LogP contribution in [0, 0.1) is 13.8 Å². The number of rotatable bonds is 6. The van der Waals surface area contributed by atoms with Crippen LogP contribution in [0.15, 0.2) is 60.8 Å². The molecule has 3 rings (SSSR count). The van der Waals surface area contributed by atoms with Crippen LogP contribution in [0.5, 0.6) is 5.75 Å². The second kappa shape index (κ2) is 8.56. The van der Waals surface area contributed by atoms with Gasteiger partial charge in [0.05, 0.1) is 11.9 Å². The summed E-state index contributed by atoms with van der Waals surface area (Å²) in [6.45, 7) is 4.04. The number of ether oxygens (including phenoxy) is 1. The lowest BCUT2D eigenvalue weighted by atomic mass is 10.1. The van der Waals surface area contributed by atoms with Crippen LogP contribution in [0.25, 0.3) is 0 Å². The molecular formula is C21H20ClN3O2. The molecule has 6 heteroatoms. The predicted molar refractivity (Wildman–Crippen MR) is 109 cm³/mol. The molecule has 0 unspecified atom stereocenters. The summed E-state index contributed by atoms with van der Waals surface area (Å²) in [5.41, 5.74) is 4.00. The summed E-state index contributed by atoms with van der Waals surface area (Å²) in [6.07, 6.45) is 1.60. The number of aryl methyl sites for hydroxylation is 1. The number of halogens is 1. The van der Waals surface area contributed by atoms with E-state index >= 15 is 0 Å². The molecule has 0 aliphatic heterocycles. The summed E-state index contributed by atoms with van der Waals surface area (Å²) in [6, 6.07) is 16.5. The average molecular weight is 382 g/mol. The molecule has 0 aliphatic carbocycles. The summed E-state index contributed by atoms with van der Waals surface area (Å²) in [4.78, 5) is 16.3. The number of anilines is 3. The molecule has 3 aromatic rings. The number of amides is 1. The summed E-state index contributed by atoms with van der Waals surface area (Å²) in [5.74, 6) is 1.03. The molecule has 138 valence electrons. The molecule has 0 bridgehead atoms. The summed E-state index contributed by atoms with van der Waals surface area (Å²) < 4.78 is 5.42. The van der Waals surface area contributed by atoms with E-state index in [-0.39, 0.29) is 12.5 Å². The molecule has 1 heterocycles. The summed E-state index contributed by atoms with van der Waals surface area (Å²) >= 11 is 5.81. The number of hydrogen-bond acceptors (Lipinski definition) is 4. The molecule has 0 spiro atoms. The molecule has 0 aliphatic rings. The lowest BCUT2D eigenvalue weighted by molar-refractivity contribution is -0.118. The predicted octanol–water partition coefficient (Wildman–Crippen LogP) is 5.11.